The van der Waals surface area contributed by atoms with Crippen molar-refractivity contribution < 1.29 is 9.32 Å². The van der Waals surface area contributed by atoms with Gasteiger partial charge in [-0.2, -0.15) is 4.98 Å². The number of piperazine rings is 1. The van der Waals surface area contributed by atoms with E-state index in [0.717, 1.165) is 48.6 Å². The lowest BCUT2D eigenvalue weighted by atomic mass is 10.1. The Morgan fingerprint density at radius 3 is 2.48 bits per heavy atom. The quantitative estimate of drug-likeness (QED) is 0.548. The number of rotatable bonds is 5. The average molecular weight is 435 g/mol. The van der Waals surface area contributed by atoms with Crippen LogP contribution in [0.1, 0.15) is 30.2 Å². The summed E-state index contributed by atoms with van der Waals surface area (Å²) < 4.78 is 5.36. The van der Waals surface area contributed by atoms with Crippen LogP contribution in [0, 0.1) is 0 Å². The molecule has 0 atom stereocenters. The largest absolute Gasteiger partial charge is 0.368 e. The standard InChI is InChI=1S/C24H23ClN4O2/c25-21-4-2-1-3-17(21)9-12-22(30)29-15-13-28(14-16-29)20-10-7-18(8-11-20)23-26-24(31-27-23)19-5-6-19/h1-4,7-12,19H,5-6,13-16H2. The van der Waals surface area contributed by atoms with Crippen molar-refractivity contribution in [1.82, 2.24) is 15.0 Å². The number of aromatic nitrogens is 2. The molecular formula is C24H23ClN4O2. The molecule has 2 heterocycles. The van der Waals surface area contributed by atoms with Crippen molar-refractivity contribution in [2.24, 2.45) is 0 Å². The van der Waals surface area contributed by atoms with Crippen molar-refractivity contribution in [2.45, 2.75) is 18.8 Å². The highest BCUT2D eigenvalue weighted by Gasteiger charge is 2.29. The molecule has 1 aliphatic carbocycles. The van der Waals surface area contributed by atoms with Crippen LogP contribution >= 0.6 is 11.6 Å². The summed E-state index contributed by atoms with van der Waals surface area (Å²) in [5, 5.41) is 4.75. The van der Waals surface area contributed by atoms with Crippen molar-refractivity contribution in [3.8, 4) is 11.4 Å². The SMILES string of the molecule is O=C(C=Cc1ccccc1Cl)N1CCN(c2ccc(-c3noc(C4CC4)n3)cc2)CC1. The first-order valence-corrected chi connectivity index (χ1v) is 11.0. The van der Waals surface area contributed by atoms with Gasteiger partial charge in [0.25, 0.3) is 0 Å². The van der Waals surface area contributed by atoms with Gasteiger partial charge < -0.3 is 14.3 Å². The maximum Gasteiger partial charge on any atom is 0.246 e. The maximum atomic E-state index is 12.5. The van der Waals surface area contributed by atoms with Crippen LogP contribution in [0.5, 0.6) is 0 Å². The fraction of sp³-hybridized carbons (Fsp3) is 0.292. The van der Waals surface area contributed by atoms with E-state index in [4.69, 9.17) is 16.1 Å². The summed E-state index contributed by atoms with van der Waals surface area (Å²) in [6, 6.07) is 15.7. The van der Waals surface area contributed by atoms with Crippen LogP contribution in [0.15, 0.2) is 59.1 Å². The van der Waals surface area contributed by atoms with Gasteiger partial charge in [-0.05, 0) is 54.8 Å². The third-order valence-electron chi connectivity index (χ3n) is 5.76. The molecule has 158 valence electrons. The van der Waals surface area contributed by atoms with Crippen LogP contribution < -0.4 is 4.90 Å². The smallest absolute Gasteiger partial charge is 0.246 e. The molecule has 0 spiro atoms. The zero-order valence-electron chi connectivity index (χ0n) is 17.1. The summed E-state index contributed by atoms with van der Waals surface area (Å²) in [5.41, 5.74) is 2.94. The van der Waals surface area contributed by atoms with Gasteiger partial charge in [0.05, 0.1) is 0 Å². The molecule has 2 aliphatic rings. The Kier molecular flexibility index (Phi) is 5.47. The molecule has 1 aromatic heterocycles. The van der Waals surface area contributed by atoms with E-state index >= 15 is 0 Å². The van der Waals surface area contributed by atoms with Crippen molar-refractivity contribution in [2.75, 3.05) is 31.1 Å². The van der Waals surface area contributed by atoms with Crippen molar-refractivity contribution in [3.05, 3.63) is 71.1 Å². The molecule has 1 saturated carbocycles. The Balaban J connectivity index is 1.17. The van der Waals surface area contributed by atoms with Crippen molar-refractivity contribution in [3.63, 3.8) is 0 Å². The van der Waals surface area contributed by atoms with Crippen LogP contribution in [-0.4, -0.2) is 47.1 Å². The number of hydrogen-bond acceptors (Lipinski definition) is 5. The fourth-order valence-electron chi connectivity index (χ4n) is 3.73. The summed E-state index contributed by atoms with van der Waals surface area (Å²) in [7, 11) is 0. The number of hydrogen-bond donors (Lipinski definition) is 0. The lowest BCUT2D eigenvalue weighted by Gasteiger charge is -2.35. The minimum Gasteiger partial charge on any atom is -0.368 e. The van der Waals surface area contributed by atoms with Crippen molar-refractivity contribution in [1.29, 1.82) is 0 Å². The molecule has 2 fully saturated rings. The van der Waals surface area contributed by atoms with Gasteiger partial charge in [-0.25, -0.2) is 0 Å². The van der Waals surface area contributed by atoms with Crippen LogP contribution in [0.2, 0.25) is 5.02 Å². The Bertz CT molecular complexity index is 1100. The van der Waals surface area contributed by atoms with E-state index in [1.54, 1.807) is 12.2 Å². The molecule has 5 rings (SSSR count). The lowest BCUT2D eigenvalue weighted by molar-refractivity contribution is -0.126. The normalized spacial score (nSPS) is 16.8. The number of nitrogens with zero attached hydrogens (tertiary/aromatic N) is 4. The second-order valence-corrected chi connectivity index (χ2v) is 8.35. The summed E-state index contributed by atoms with van der Waals surface area (Å²) in [5.74, 6) is 1.87. The van der Waals surface area contributed by atoms with Gasteiger partial charge in [-0.15, -0.1) is 0 Å². The van der Waals surface area contributed by atoms with Gasteiger partial charge in [-0.1, -0.05) is 35.0 Å². The molecular weight excluding hydrogens is 412 g/mol. The highest BCUT2D eigenvalue weighted by molar-refractivity contribution is 6.32. The van der Waals surface area contributed by atoms with Crippen LogP contribution in [0.3, 0.4) is 0 Å². The maximum absolute atomic E-state index is 12.5. The first-order chi connectivity index (χ1) is 15.2. The van der Waals surface area contributed by atoms with Gasteiger partial charge in [0.1, 0.15) is 0 Å². The van der Waals surface area contributed by atoms with Crippen LogP contribution in [0.4, 0.5) is 5.69 Å². The summed E-state index contributed by atoms with van der Waals surface area (Å²) in [6.07, 6.45) is 5.67. The Labute approximate surface area is 186 Å². The third kappa shape index (κ3) is 4.49. The molecule has 31 heavy (non-hydrogen) atoms. The van der Waals surface area contributed by atoms with Crippen LogP contribution in [-0.2, 0) is 4.79 Å². The van der Waals surface area contributed by atoms with E-state index in [-0.39, 0.29) is 5.91 Å². The summed E-state index contributed by atoms with van der Waals surface area (Å²) in [6.45, 7) is 2.95. The number of benzene rings is 2. The van der Waals surface area contributed by atoms with E-state index in [1.165, 1.54) is 0 Å². The summed E-state index contributed by atoms with van der Waals surface area (Å²) in [4.78, 5) is 21.2. The second kappa shape index (κ2) is 8.55. The number of carbonyl (C=O) groups is 1. The minimum absolute atomic E-state index is 0.0125. The number of carbonyl (C=O) groups excluding carboxylic acids is 1. The van der Waals surface area contributed by atoms with E-state index in [0.29, 0.717) is 29.9 Å². The van der Waals surface area contributed by atoms with E-state index in [9.17, 15) is 4.79 Å². The van der Waals surface area contributed by atoms with Gasteiger partial charge >= 0.3 is 0 Å². The molecule has 0 radical (unpaired) electrons. The van der Waals surface area contributed by atoms with E-state index in [2.05, 4.69) is 27.2 Å². The molecule has 6 nitrogen and oxygen atoms in total. The molecule has 1 saturated heterocycles. The highest BCUT2D eigenvalue weighted by atomic mass is 35.5. The van der Waals surface area contributed by atoms with Gasteiger partial charge in [0.2, 0.25) is 17.6 Å². The summed E-state index contributed by atoms with van der Waals surface area (Å²) >= 11 is 6.15. The van der Waals surface area contributed by atoms with Gasteiger partial charge in [0.15, 0.2) is 0 Å². The number of anilines is 1. The van der Waals surface area contributed by atoms with E-state index < -0.39 is 0 Å². The van der Waals surface area contributed by atoms with Crippen molar-refractivity contribution >= 4 is 29.3 Å². The minimum atomic E-state index is 0.0125. The Morgan fingerprint density at radius 2 is 1.77 bits per heavy atom. The average Bonchev–Trinajstić information content (AvgIpc) is 3.55. The first kappa shape index (κ1) is 19.8. The van der Waals surface area contributed by atoms with Gasteiger partial charge in [0, 0.05) is 54.4 Å². The number of amides is 1. The van der Waals surface area contributed by atoms with Crippen LogP contribution in [0.25, 0.3) is 17.5 Å². The lowest BCUT2D eigenvalue weighted by Crippen LogP contribution is -2.48. The molecule has 1 aliphatic heterocycles. The molecule has 2 aromatic carbocycles. The molecule has 1 amide bonds. The predicted octanol–water partition coefficient (Wildman–Crippen LogP) is 4.63. The molecule has 0 N–H and O–H groups in total. The molecule has 7 heteroatoms. The fourth-order valence-corrected chi connectivity index (χ4v) is 3.93. The molecule has 3 aromatic rings. The monoisotopic (exact) mass is 434 g/mol. The number of halogens is 1. The van der Waals surface area contributed by atoms with E-state index in [1.807, 2.05) is 41.3 Å². The van der Waals surface area contributed by atoms with Gasteiger partial charge in [-0.3, -0.25) is 4.79 Å². The first-order valence-electron chi connectivity index (χ1n) is 10.6. The zero-order chi connectivity index (χ0) is 21.2. The Hall–Kier alpha value is -3.12. The molecule has 0 unspecified atom stereocenters. The zero-order valence-corrected chi connectivity index (χ0v) is 17.8. The topological polar surface area (TPSA) is 62.5 Å². The predicted molar refractivity (Wildman–Crippen MR) is 121 cm³/mol. The highest BCUT2D eigenvalue weighted by Crippen LogP contribution is 2.39. The third-order valence-corrected chi connectivity index (χ3v) is 6.11. The molecule has 0 bridgehead atoms. The second-order valence-electron chi connectivity index (χ2n) is 7.94. The Morgan fingerprint density at radius 1 is 1.03 bits per heavy atom.